The lowest BCUT2D eigenvalue weighted by molar-refractivity contribution is 0.302. The minimum atomic E-state index is 0.494. The molecule has 70 valence electrons. The summed E-state index contributed by atoms with van der Waals surface area (Å²) in [4.78, 5) is 4.71. The molecule has 1 aromatic heterocycles. The van der Waals surface area contributed by atoms with Crippen LogP contribution in [0.15, 0.2) is 27.9 Å². The van der Waals surface area contributed by atoms with Gasteiger partial charge in [-0.3, -0.25) is 4.90 Å². The van der Waals surface area contributed by atoms with Gasteiger partial charge in [0.25, 0.3) is 0 Å². The van der Waals surface area contributed by atoms with E-state index in [1.165, 1.54) is 0 Å². The fourth-order valence-electron chi connectivity index (χ4n) is 1.01. The van der Waals surface area contributed by atoms with Crippen LogP contribution in [0.2, 0.25) is 0 Å². The molecule has 0 aliphatic carbocycles. The summed E-state index contributed by atoms with van der Waals surface area (Å²) < 4.78 is 5.17. The van der Waals surface area contributed by atoms with Crippen LogP contribution in [0.3, 0.4) is 0 Å². The molecule has 1 heterocycles. The summed E-state index contributed by atoms with van der Waals surface area (Å²) in [5, 5.41) is 3.45. The Kier molecular flexibility index (Phi) is 3.88. The van der Waals surface area contributed by atoms with Crippen molar-refractivity contribution in [3.63, 3.8) is 0 Å². The van der Waals surface area contributed by atoms with Gasteiger partial charge in [0.1, 0.15) is 5.76 Å². The van der Waals surface area contributed by atoms with Gasteiger partial charge in [-0.05, 0) is 24.7 Å². The quantitative estimate of drug-likeness (QED) is 0.395. The van der Waals surface area contributed by atoms with E-state index in [0.717, 1.165) is 18.8 Å². The van der Waals surface area contributed by atoms with E-state index in [-0.39, 0.29) is 0 Å². The second-order valence-electron chi connectivity index (χ2n) is 2.77. The third kappa shape index (κ3) is 3.64. The van der Waals surface area contributed by atoms with Crippen molar-refractivity contribution in [1.82, 2.24) is 4.90 Å². The predicted octanol–water partition coefficient (Wildman–Crippen LogP) is 2.02. The lowest BCUT2D eigenvalue weighted by Crippen LogP contribution is -2.20. The molecule has 0 aromatic carbocycles. The summed E-state index contributed by atoms with van der Waals surface area (Å²) in [5.74, 6) is 0.920. The summed E-state index contributed by atoms with van der Waals surface area (Å²) in [6, 6.07) is 3.78. The molecular weight excluding hydrogens is 168 g/mol. The molecule has 0 bridgehead atoms. The number of azide groups is 1. The first kappa shape index (κ1) is 9.64. The molecule has 0 fully saturated rings. The van der Waals surface area contributed by atoms with Crippen molar-refractivity contribution >= 4 is 0 Å². The van der Waals surface area contributed by atoms with Gasteiger partial charge in [-0.15, -0.1) is 0 Å². The molecule has 1 aromatic rings. The average Bonchev–Trinajstić information content (AvgIpc) is 2.57. The number of hydrogen-bond donors (Lipinski definition) is 0. The molecule has 0 N–H and O–H groups in total. The molecule has 5 nitrogen and oxygen atoms in total. The molecular formula is C8H12N4O. The van der Waals surface area contributed by atoms with Crippen LogP contribution >= 0.6 is 0 Å². The fraction of sp³-hybridized carbons (Fsp3) is 0.500. The third-order valence-corrected chi connectivity index (χ3v) is 1.65. The highest BCUT2D eigenvalue weighted by Gasteiger charge is 2.00. The first-order valence-corrected chi connectivity index (χ1v) is 4.04. The number of likely N-dealkylation sites (N-methyl/N-ethyl adjacent to an activating group) is 1. The number of hydrogen-bond acceptors (Lipinski definition) is 3. The Morgan fingerprint density at radius 1 is 1.69 bits per heavy atom. The highest BCUT2D eigenvalue weighted by molar-refractivity contribution is 4.97. The van der Waals surface area contributed by atoms with Gasteiger partial charge in [0, 0.05) is 18.0 Å². The topological polar surface area (TPSA) is 65.1 Å². The zero-order chi connectivity index (χ0) is 9.52. The van der Waals surface area contributed by atoms with E-state index >= 15 is 0 Å². The largest absolute Gasteiger partial charge is 0.468 e. The average molecular weight is 180 g/mol. The molecule has 0 saturated heterocycles. The second-order valence-corrected chi connectivity index (χ2v) is 2.77. The number of furan rings is 1. The van der Waals surface area contributed by atoms with Crippen molar-refractivity contribution < 1.29 is 4.42 Å². The smallest absolute Gasteiger partial charge is 0.117 e. The first-order chi connectivity index (χ1) is 6.33. The Morgan fingerprint density at radius 3 is 3.15 bits per heavy atom. The van der Waals surface area contributed by atoms with E-state index in [4.69, 9.17) is 9.95 Å². The van der Waals surface area contributed by atoms with E-state index in [1.807, 2.05) is 24.1 Å². The van der Waals surface area contributed by atoms with Crippen molar-refractivity contribution in [3.05, 3.63) is 34.6 Å². The lowest BCUT2D eigenvalue weighted by Gasteiger charge is -2.12. The predicted molar refractivity (Wildman–Crippen MR) is 49.1 cm³/mol. The standard InChI is InChI=1S/C8H12N4O/c1-12(5-4-10-11-9)7-8-3-2-6-13-8/h2-3,6H,4-5,7H2,1H3. The van der Waals surface area contributed by atoms with Crippen LogP contribution in [-0.4, -0.2) is 25.0 Å². The van der Waals surface area contributed by atoms with Crippen molar-refractivity contribution in [3.8, 4) is 0 Å². The van der Waals surface area contributed by atoms with Gasteiger partial charge in [0.05, 0.1) is 12.8 Å². The maximum absolute atomic E-state index is 8.06. The lowest BCUT2D eigenvalue weighted by atomic mass is 10.4. The van der Waals surface area contributed by atoms with Gasteiger partial charge in [0.15, 0.2) is 0 Å². The van der Waals surface area contributed by atoms with E-state index in [2.05, 4.69) is 10.0 Å². The molecule has 0 atom stereocenters. The zero-order valence-corrected chi connectivity index (χ0v) is 7.55. The Labute approximate surface area is 76.6 Å². The van der Waals surface area contributed by atoms with Crippen LogP contribution in [0, 0.1) is 0 Å². The molecule has 0 unspecified atom stereocenters. The van der Waals surface area contributed by atoms with Crippen molar-refractivity contribution in [2.45, 2.75) is 6.54 Å². The van der Waals surface area contributed by atoms with E-state index in [1.54, 1.807) is 6.26 Å². The molecule has 0 aliphatic heterocycles. The third-order valence-electron chi connectivity index (χ3n) is 1.65. The Bertz CT molecular complexity index is 276. The SMILES string of the molecule is CN(CCN=[N+]=[N-])Cc1ccco1. The van der Waals surface area contributed by atoms with Crippen LogP contribution in [0.5, 0.6) is 0 Å². The molecule has 0 saturated carbocycles. The maximum atomic E-state index is 8.06. The van der Waals surface area contributed by atoms with Crippen molar-refractivity contribution in [1.29, 1.82) is 0 Å². The van der Waals surface area contributed by atoms with Gasteiger partial charge in [0.2, 0.25) is 0 Å². The molecule has 0 amide bonds. The summed E-state index contributed by atoms with van der Waals surface area (Å²) in [7, 11) is 1.95. The first-order valence-electron chi connectivity index (χ1n) is 4.04. The molecule has 5 heteroatoms. The van der Waals surface area contributed by atoms with Gasteiger partial charge < -0.3 is 4.42 Å². The highest BCUT2D eigenvalue weighted by Crippen LogP contribution is 2.02. The molecule has 0 aliphatic rings. The summed E-state index contributed by atoms with van der Waals surface area (Å²) >= 11 is 0. The molecule has 0 spiro atoms. The number of nitrogens with zero attached hydrogens (tertiary/aromatic N) is 4. The summed E-state index contributed by atoms with van der Waals surface area (Å²) in [5.41, 5.74) is 8.06. The van der Waals surface area contributed by atoms with Gasteiger partial charge in [-0.1, -0.05) is 5.11 Å². The Hall–Kier alpha value is -1.45. The highest BCUT2D eigenvalue weighted by atomic mass is 16.3. The fourth-order valence-corrected chi connectivity index (χ4v) is 1.01. The van der Waals surface area contributed by atoms with E-state index in [0.29, 0.717) is 6.54 Å². The van der Waals surface area contributed by atoms with Crippen molar-refractivity contribution in [2.75, 3.05) is 20.1 Å². The Balaban J connectivity index is 2.25. The molecule has 0 radical (unpaired) electrons. The van der Waals surface area contributed by atoms with Crippen LogP contribution in [-0.2, 0) is 6.54 Å². The summed E-state index contributed by atoms with van der Waals surface area (Å²) in [6.07, 6.45) is 1.65. The van der Waals surface area contributed by atoms with Crippen LogP contribution in [0.25, 0.3) is 10.4 Å². The van der Waals surface area contributed by atoms with Gasteiger partial charge in [-0.2, -0.15) is 0 Å². The van der Waals surface area contributed by atoms with Crippen LogP contribution in [0.1, 0.15) is 5.76 Å². The van der Waals surface area contributed by atoms with E-state index < -0.39 is 0 Å². The minimum absolute atomic E-state index is 0.494. The van der Waals surface area contributed by atoms with Gasteiger partial charge >= 0.3 is 0 Å². The normalized spacial score (nSPS) is 10.0. The second kappa shape index (κ2) is 5.24. The van der Waals surface area contributed by atoms with Crippen LogP contribution in [0.4, 0.5) is 0 Å². The number of rotatable bonds is 5. The van der Waals surface area contributed by atoms with Gasteiger partial charge in [-0.25, -0.2) is 0 Å². The summed E-state index contributed by atoms with van der Waals surface area (Å²) in [6.45, 7) is 1.98. The Morgan fingerprint density at radius 2 is 2.54 bits per heavy atom. The molecule has 1 rings (SSSR count). The monoisotopic (exact) mass is 180 g/mol. The maximum Gasteiger partial charge on any atom is 0.117 e. The minimum Gasteiger partial charge on any atom is -0.468 e. The van der Waals surface area contributed by atoms with Crippen molar-refractivity contribution in [2.24, 2.45) is 5.11 Å². The molecule has 13 heavy (non-hydrogen) atoms. The zero-order valence-electron chi connectivity index (χ0n) is 7.55. The van der Waals surface area contributed by atoms with Crippen LogP contribution < -0.4 is 0 Å². The van der Waals surface area contributed by atoms with E-state index in [9.17, 15) is 0 Å².